The maximum absolute atomic E-state index is 11.8. The molecule has 0 spiro atoms. The summed E-state index contributed by atoms with van der Waals surface area (Å²) in [6.07, 6.45) is 1.16. The Morgan fingerprint density at radius 1 is 1.52 bits per heavy atom. The van der Waals surface area contributed by atoms with Crippen molar-refractivity contribution in [3.05, 3.63) is 23.0 Å². The summed E-state index contributed by atoms with van der Waals surface area (Å²) in [7, 11) is 0. The van der Waals surface area contributed by atoms with Crippen LogP contribution >= 0.6 is 0 Å². The SMILES string of the molecule is CCOC(=O)CNC(=O)c1ncc(C(=N)N=N)c(C)c1O. The van der Waals surface area contributed by atoms with E-state index in [2.05, 4.69) is 20.2 Å². The molecule has 9 nitrogen and oxygen atoms in total. The number of ether oxygens (including phenoxy) is 1. The maximum Gasteiger partial charge on any atom is 0.325 e. The van der Waals surface area contributed by atoms with Gasteiger partial charge in [-0.15, -0.1) is 5.11 Å². The molecule has 1 rings (SSSR count). The zero-order chi connectivity index (χ0) is 16.0. The second-order valence-electron chi connectivity index (χ2n) is 3.94. The Kier molecular flexibility index (Phi) is 5.47. The lowest BCUT2D eigenvalue weighted by molar-refractivity contribution is -0.141. The van der Waals surface area contributed by atoms with E-state index >= 15 is 0 Å². The summed E-state index contributed by atoms with van der Waals surface area (Å²) in [5, 5.41) is 22.5. The number of carbonyl (C=O) groups excluding carboxylic acids is 2. The summed E-state index contributed by atoms with van der Waals surface area (Å²) >= 11 is 0. The number of esters is 1. The first kappa shape index (κ1) is 16.2. The van der Waals surface area contributed by atoms with Gasteiger partial charge in [-0.2, -0.15) is 0 Å². The van der Waals surface area contributed by atoms with E-state index in [0.717, 1.165) is 6.20 Å². The second kappa shape index (κ2) is 7.08. The van der Waals surface area contributed by atoms with E-state index in [1.807, 2.05) is 0 Å². The largest absolute Gasteiger partial charge is 0.505 e. The first-order chi connectivity index (χ1) is 9.92. The predicted molar refractivity (Wildman–Crippen MR) is 71.6 cm³/mol. The van der Waals surface area contributed by atoms with Gasteiger partial charge >= 0.3 is 5.97 Å². The summed E-state index contributed by atoms with van der Waals surface area (Å²) < 4.78 is 4.65. The number of amides is 1. The molecule has 1 aromatic rings. The van der Waals surface area contributed by atoms with E-state index in [9.17, 15) is 14.7 Å². The second-order valence-corrected chi connectivity index (χ2v) is 3.94. The van der Waals surface area contributed by atoms with Crippen LogP contribution in [-0.4, -0.2) is 41.0 Å². The van der Waals surface area contributed by atoms with Gasteiger partial charge in [0.2, 0.25) is 0 Å². The molecule has 4 N–H and O–H groups in total. The van der Waals surface area contributed by atoms with E-state index in [4.69, 9.17) is 10.9 Å². The fourth-order valence-electron chi connectivity index (χ4n) is 1.51. The van der Waals surface area contributed by atoms with Crippen molar-refractivity contribution in [2.75, 3.05) is 13.2 Å². The van der Waals surface area contributed by atoms with Gasteiger partial charge in [-0.3, -0.25) is 15.0 Å². The molecule has 0 aliphatic carbocycles. The monoisotopic (exact) mass is 293 g/mol. The first-order valence-corrected chi connectivity index (χ1v) is 6.01. The van der Waals surface area contributed by atoms with Crippen LogP contribution in [0.4, 0.5) is 0 Å². The van der Waals surface area contributed by atoms with Gasteiger partial charge in [0.05, 0.1) is 6.61 Å². The minimum Gasteiger partial charge on any atom is -0.505 e. The summed E-state index contributed by atoms with van der Waals surface area (Å²) in [6.45, 7) is 2.97. The molecule has 1 amide bonds. The van der Waals surface area contributed by atoms with Gasteiger partial charge in [0.25, 0.3) is 5.91 Å². The van der Waals surface area contributed by atoms with Crippen molar-refractivity contribution in [3.8, 4) is 5.75 Å². The highest BCUT2D eigenvalue weighted by atomic mass is 16.5. The number of aromatic hydroxyl groups is 1. The number of hydrogen-bond acceptors (Lipinski definition) is 7. The van der Waals surface area contributed by atoms with Crippen molar-refractivity contribution < 1.29 is 19.4 Å². The minimum atomic E-state index is -0.746. The van der Waals surface area contributed by atoms with Crippen molar-refractivity contribution in [1.29, 1.82) is 10.9 Å². The van der Waals surface area contributed by atoms with Gasteiger partial charge in [0.1, 0.15) is 6.54 Å². The molecule has 0 saturated carbocycles. The maximum atomic E-state index is 11.8. The molecule has 0 fully saturated rings. The topological polar surface area (TPSA) is 149 Å². The lowest BCUT2D eigenvalue weighted by atomic mass is 10.1. The van der Waals surface area contributed by atoms with Crippen molar-refractivity contribution in [2.45, 2.75) is 13.8 Å². The van der Waals surface area contributed by atoms with Crippen LogP contribution < -0.4 is 5.32 Å². The average Bonchev–Trinajstić information content (AvgIpc) is 2.47. The smallest absolute Gasteiger partial charge is 0.325 e. The third kappa shape index (κ3) is 3.81. The van der Waals surface area contributed by atoms with E-state index < -0.39 is 17.6 Å². The molecular formula is C12H15N5O4. The number of carbonyl (C=O) groups is 2. The summed E-state index contributed by atoms with van der Waals surface area (Å²) in [5.41, 5.74) is 6.83. The van der Waals surface area contributed by atoms with Crippen LogP contribution in [0.2, 0.25) is 0 Å². The van der Waals surface area contributed by atoms with Gasteiger partial charge in [-0.1, -0.05) is 0 Å². The van der Waals surface area contributed by atoms with Crippen molar-refractivity contribution >= 4 is 17.7 Å². The highest BCUT2D eigenvalue weighted by molar-refractivity contribution is 6.01. The summed E-state index contributed by atoms with van der Waals surface area (Å²) in [6, 6.07) is 0. The summed E-state index contributed by atoms with van der Waals surface area (Å²) in [4.78, 5) is 26.7. The number of pyridine rings is 1. The quantitative estimate of drug-likeness (QED) is 0.273. The molecule has 0 aromatic carbocycles. The third-order valence-corrected chi connectivity index (χ3v) is 2.59. The van der Waals surface area contributed by atoms with Crippen LogP contribution in [0.5, 0.6) is 5.75 Å². The summed E-state index contributed by atoms with van der Waals surface area (Å²) in [5.74, 6) is -2.16. The standard InChI is InChI=1S/C12H15N5O4/c1-3-21-8(18)5-16-12(20)9-10(19)6(2)7(4-15-9)11(13)17-14/h4,13-14,19H,3,5H2,1-2H3,(H,16,20). The number of nitrogens with zero attached hydrogens (tertiary/aromatic N) is 2. The molecule has 0 atom stereocenters. The van der Waals surface area contributed by atoms with Crippen LogP contribution in [0.25, 0.3) is 0 Å². The number of amidine groups is 1. The first-order valence-electron chi connectivity index (χ1n) is 6.01. The van der Waals surface area contributed by atoms with Crippen LogP contribution in [0.3, 0.4) is 0 Å². The number of rotatable bonds is 5. The van der Waals surface area contributed by atoms with Gasteiger partial charge in [0.15, 0.2) is 17.3 Å². The molecule has 1 aromatic heterocycles. The van der Waals surface area contributed by atoms with Crippen LogP contribution in [0.1, 0.15) is 28.5 Å². The molecule has 0 unspecified atom stereocenters. The molecule has 0 bridgehead atoms. The van der Waals surface area contributed by atoms with E-state index in [1.165, 1.54) is 6.92 Å². The van der Waals surface area contributed by atoms with Crippen molar-refractivity contribution in [1.82, 2.24) is 10.3 Å². The van der Waals surface area contributed by atoms with Crippen molar-refractivity contribution in [3.63, 3.8) is 0 Å². The fraction of sp³-hybridized carbons (Fsp3) is 0.333. The number of aromatic nitrogens is 1. The van der Waals surface area contributed by atoms with Gasteiger partial charge in [-0.25, -0.2) is 10.5 Å². The number of hydrogen-bond donors (Lipinski definition) is 4. The molecule has 0 aliphatic heterocycles. The van der Waals surface area contributed by atoms with Gasteiger partial charge in [0, 0.05) is 17.3 Å². The Morgan fingerprint density at radius 3 is 2.76 bits per heavy atom. The number of nitrogens with one attached hydrogen (secondary N) is 3. The zero-order valence-corrected chi connectivity index (χ0v) is 11.6. The Hall–Kier alpha value is -2.84. The lowest BCUT2D eigenvalue weighted by Crippen LogP contribution is -2.31. The molecular weight excluding hydrogens is 278 g/mol. The Labute approximate surface area is 120 Å². The van der Waals surface area contributed by atoms with Gasteiger partial charge < -0.3 is 15.2 Å². The van der Waals surface area contributed by atoms with E-state index in [1.54, 1.807) is 6.92 Å². The zero-order valence-electron chi connectivity index (χ0n) is 11.6. The highest BCUT2D eigenvalue weighted by Crippen LogP contribution is 2.23. The Morgan fingerprint density at radius 2 is 2.19 bits per heavy atom. The van der Waals surface area contributed by atoms with Gasteiger partial charge in [-0.05, 0) is 13.8 Å². The third-order valence-electron chi connectivity index (χ3n) is 2.59. The molecule has 21 heavy (non-hydrogen) atoms. The molecule has 0 radical (unpaired) electrons. The van der Waals surface area contributed by atoms with Crippen molar-refractivity contribution in [2.24, 2.45) is 5.11 Å². The molecule has 9 heteroatoms. The molecule has 0 saturated heterocycles. The van der Waals surface area contributed by atoms with E-state index in [-0.39, 0.29) is 35.8 Å². The Bertz CT molecular complexity index is 600. The predicted octanol–water partition coefficient (Wildman–Crippen LogP) is 0.745. The molecule has 1 heterocycles. The molecule has 0 aliphatic rings. The average molecular weight is 293 g/mol. The fourth-order valence-corrected chi connectivity index (χ4v) is 1.51. The van der Waals surface area contributed by atoms with Crippen LogP contribution in [-0.2, 0) is 9.53 Å². The van der Waals surface area contributed by atoms with Crippen LogP contribution in [0, 0.1) is 17.9 Å². The molecule has 112 valence electrons. The normalized spacial score (nSPS) is 9.81. The lowest BCUT2D eigenvalue weighted by Gasteiger charge is -2.10. The highest BCUT2D eigenvalue weighted by Gasteiger charge is 2.19. The Balaban J connectivity index is 2.92. The van der Waals surface area contributed by atoms with Crippen LogP contribution in [0.15, 0.2) is 11.3 Å². The van der Waals surface area contributed by atoms with E-state index in [0.29, 0.717) is 0 Å². The minimum absolute atomic E-state index is 0.143.